The van der Waals surface area contributed by atoms with Crippen LogP contribution in [0.25, 0.3) is 0 Å². The third-order valence-electron chi connectivity index (χ3n) is 2.50. The first-order valence-corrected chi connectivity index (χ1v) is 5.55. The number of rotatable bonds is 2. The van der Waals surface area contributed by atoms with Crippen LogP contribution in [0, 0.1) is 0 Å². The Hall–Kier alpha value is -0.810. The molecule has 0 bridgehead atoms. The minimum absolute atomic E-state index is 0.292. The largest absolute Gasteiger partial charge is 0.444 e. The van der Waals surface area contributed by atoms with Gasteiger partial charge >= 0.3 is 6.09 Å². The third kappa shape index (κ3) is 3.35. The summed E-state index contributed by atoms with van der Waals surface area (Å²) < 4.78 is 10.1. The van der Waals surface area contributed by atoms with Crippen LogP contribution in [-0.2, 0) is 9.47 Å². The Morgan fingerprint density at radius 3 is 2.62 bits per heavy atom. The summed E-state index contributed by atoms with van der Waals surface area (Å²) in [7, 11) is 1.43. The Balaban J connectivity index is 2.61. The van der Waals surface area contributed by atoms with Crippen molar-refractivity contribution in [3.63, 3.8) is 0 Å². The molecule has 1 heterocycles. The first kappa shape index (κ1) is 13.3. The third-order valence-corrected chi connectivity index (χ3v) is 2.50. The second kappa shape index (κ2) is 5.01. The Morgan fingerprint density at radius 2 is 2.12 bits per heavy atom. The van der Waals surface area contributed by atoms with Gasteiger partial charge in [0.1, 0.15) is 5.60 Å². The number of amides is 1. The van der Waals surface area contributed by atoms with Crippen molar-refractivity contribution in [2.75, 3.05) is 13.7 Å². The van der Waals surface area contributed by atoms with Gasteiger partial charge in [-0.3, -0.25) is 0 Å². The van der Waals surface area contributed by atoms with Crippen LogP contribution in [-0.4, -0.2) is 47.7 Å². The van der Waals surface area contributed by atoms with Gasteiger partial charge in [0, 0.05) is 13.7 Å². The van der Waals surface area contributed by atoms with Gasteiger partial charge in [0.15, 0.2) is 6.29 Å². The standard InChI is InChI=1S/C11H21NO4/c1-11(2,3)16-10(14)12-7-5-6-8(12)9(13)15-4/h8-9,13H,5-7H2,1-4H3/t8-,9+/m0/s1. The number of carbonyl (C=O) groups excluding carboxylic acids is 1. The van der Waals surface area contributed by atoms with E-state index in [0.717, 1.165) is 12.8 Å². The van der Waals surface area contributed by atoms with Crippen molar-refractivity contribution >= 4 is 6.09 Å². The molecule has 5 nitrogen and oxygen atoms in total. The number of hydrogen-bond donors (Lipinski definition) is 1. The number of nitrogens with zero attached hydrogens (tertiary/aromatic N) is 1. The lowest BCUT2D eigenvalue weighted by Crippen LogP contribution is -2.45. The van der Waals surface area contributed by atoms with Crippen LogP contribution < -0.4 is 0 Å². The van der Waals surface area contributed by atoms with Crippen LogP contribution >= 0.6 is 0 Å². The quantitative estimate of drug-likeness (QED) is 0.729. The van der Waals surface area contributed by atoms with Crippen molar-refractivity contribution < 1.29 is 19.4 Å². The van der Waals surface area contributed by atoms with Crippen molar-refractivity contribution in [3.8, 4) is 0 Å². The molecule has 1 amide bonds. The van der Waals surface area contributed by atoms with Crippen LogP contribution in [0.1, 0.15) is 33.6 Å². The molecule has 1 aliphatic heterocycles. The molecule has 0 aromatic carbocycles. The Bertz CT molecular complexity index is 249. The van der Waals surface area contributed by atoms with E-state index in [0.29, 0.717) is 6.54 Å². The summed E-state index contributed by atoms with van der Waals surface area (Å²) in [5.41, 5.74) is -0.512. The van der Waals surface area contributed by atoms with E-state index < -0.39 is 11.9 Å². The molecule has 0 radical (unpaired) electrons. The highest BCUT2D eigenvalue weighted by Crippen LogP contribution is 2.23. The van der Waals surface area contributed by atoms with Crippen LogP contribution in [0.2, 0.25) is 0 Å². The summed E-state index contributed by atoms with van der Waals surface area (Å²) in [6.45, 7) is 6.08. The van der Waals surface area contributed by atoms with Gasteiger partial charge in [-0.05, 0) is 33.6 Å². The SMILES string of the molecule is CO[C@@H](O)[C@@H]1CCCN1C(=O)OC(C)(C)C. The normalized spacial score (nSPS) is 23.3. The van der Waals surface area contributed by atoms with Gasteiger partial charge in [0.25, 0.3) is 0 Å². The minimum Gasteiger partial charge on any atom is -0.444 e. The van der Waals surface area contributed by atoms with Gasteiger partial charge < -0.3 is 19.5 Å². The van der Waals surface area contributed by atoms with E-state index >= 15 is 0 Å². The second-order valence-corrected chi connectivity index (χ2v) is 5.01. The van der Waals surface area contributed by atoms with E-state index in [2.05, 4.69) is 0 Å². The van der Waals surface area contributed by atoms with Crippen molar-refractivity contribution in [3.05, 3.63) is 0 Å². The van der Waals surface area contributed by atoms with Crippen LogP contribution in [0.3, 0.4) is 0 Å². The van der Waals surface area contributed by atoms with Gasteiger partial charge in [-0.25, -0.2) is 4.79 Å². The first-order chi connectivity index (χ1) is 7.35. The highest BCUT2D eigenvalue weighted by Gasteiger charge is 2.36. The molecule has 0 saturated carbocycles. The number of methoxy groups -OCH3 is 1. The van der Waals surface area contributed by atoms with Gasteiger partial charge in [-0.2, -0.15) is 0 Å². The molecular weight excluding hydrogens is 210 g/mol. The number of aliphatic hydroxyl groups is 1. The monoisotopic (exact) mass is 231 g/mol. The van der Waals surface area contributed by atoms with Gasteiger partial charge in [0.05, 0.1) is 6.04 Å². The second-order valence-electron chi connectivity index (χ2n) is 5.01. The number of aliphatic hydroxyl groups excluding tert-OH is 1. The van der Waals surface area contributed by atoms with Gasteiger partial charge in [0.2, 0.25) is 0 Å². The van der Waals surface area contributed by atoms with E-state index in [4.69, 9.17) is 9.47 Å². The molecule has 1 aliphatic rings. The molecule has 2 atom stereocenters. The molecule has 16 heavy (non-hydrogen) atoms. The zero-order valence-corrected chi connectivity index (χ0v) is 10.4. The molecular formula is C11H21NO4. The van der Waals surface area contributed by atoms with Gasteiger partial charge in [-0.1, -0.05) is 0 Å². The first-order valence-electron chi connectivity index (χ1n) is 5.55. The summed E-state index contributed by atoms with van der Waals surface area (Å²) >= 11 is 0. The van der Waals surface area contributed by atoms with Crippen LogP contribution in [0.15, 0.2) is 0 Å². The number of carbonyl (C=O) groups is 1. The topological polar surface area (TPSA) is 59.0 Å². The number of hydrogen-bond acceptors (Lipinski definition) is 4. The Morgan fingerprint density at radius 1 is 1.50 bits per heavy atom. The fourth-order valence-electron chi connectivity index (χ4n) is 1.79. The molecule has 5 heteroatoms. The maximum atomic E-state index is 11.8. The molecule has 1 saturated heterocycles. The van der Waals surface area contributed by atoms with E-state index in [1.807, 2.05) is 20.8 Å². The van der Waals surface area contributed by atoms with Crippen molar-refractivity contribution in [1.29, 1.82) is 0 Å². The lowest BCUT2D eigenvalue weighted by molar-refractivity contribution is -0.116. The highest BCUT2D eigenvalue weighted by atomic mass is 16.6. The fourth-order valence-corrected chi connectivity index (χ4v) is 1.79. The van der Waals surface area contributed by atoms with E-state index in [-0.39, 0.29) is 12.1 Å². The Labute approximate surface area is 96.3 Å². The van der Waals surface area contributed by atoms with Crippen LogP contribution in [0.4, 0.5) is 4.79 Å². The molecule has 0 aromatic rings. The minimum atomic E-state index is -0.935. The summed E-state index contributed by atoms with van der Waals surface area (Å²) in [5, 5.41) is 9.60. The number of ether oxygens (including phenoxy) is 2. The highest BCUT2D eigenvalue weighted by molar-refractivity contribution is 5.69. The summed E-state index contributed by atoms with van der Waals surface area (Å²) in [6.07, 6.45) is 0.291. The van der Waals surface area contributed by atoms with Gasteiger partial charge in [-0.15, -0.1) is 0 Å². The molecule has 0 unspecified atom stereocenters. The maximum Gasteiger partial charge on any atom is 0.410 e. The fraction of sp³-hybridized carbons (Fsp3) is 0.909. The predicted octanol–water partition coefficient (Wildman–Crippen LogP) is 1.35. The summed E-state index contributed by atoms with van der Waals surface area (Å²) in [6, 6.07) is -0.292. The predicted molar refractivity (Wildman–Crippen MR) is 59.0 cm³/mol. The van der Waals surface area contributed by atoms with Crippen molar-refractivity contribution in [2.45, 2.75) is 51.5 Å². The zero-order valence-electron chi connectivity index (χ0n) is 10.4. The molecule has 1 N–H and O–H groups in total. The number of likely N-dealkylation sites (tertiary alicyclic amines) is 1. The molecule has 94 valence electrons. The van der Waals surface area contributed by atoms with E-state index in [1.165, 1.54) is 7.11 Å². The molecule has 1 rings (SSSR count). The van der Waals surface area contributed by atoms with Crippen molar-refractivity contribution in [2.24, 2.45) is 0 Å². The average Bonchev–Trinajstić information content (AvgIpc) is 2.62. The summed E-state index contributed by atoms with van der Waals surface area (Å²) in [5.74, 6) is 0. The lowest BCUT2D eigenvalue weighted by atomic mass is 10.2. The molecule has 0 aromatic heterocycles. The molecule has 0 aliphatic carbocycles. The maximum absolute atomic E-state index is 11.8. The van der Waals surface area contributed by atoms with Crippen molar-refractivity contribution in [1.82, 2.24) is 4.90 Å². The molecule has 1 fully saturated rings. The Kier molecular flexibility index (Phi) is 4.15. The lowest BCUT2D eigenvalue weighted by Gasteiger charge is -2.30. The van der Waals surface area contributed by atoms with E-state index in [9.17, 15) is 9.90 Å². The summed E-state index contributed by atoms with van der Waals surface area (Å²) in [4.78, 5) is 13.4. The van der Waals surface area contributed by atoms with Crippen LogP contribution in [0.5, 0.6) is 0 Å². The molecule has 0 spiro atoms. The zero-order chi connectivity index (χ0) is 12.3. The average molecular weight is 231 g/mol. The smallest absolute Gasteiger partial charge is 0.410 e. The van der Waals surface area contributed by atoms with E-state index in [1.54, 1.807) is 4.90 Å².